The van der Waals surface area contributed by atoms with Crippen LogP contribution in [0.25, 0.3) is 89.0 Å². The summed E-state index contributed by atoms with van der Waals surface area (Å²) in [6.07, 6.45) is 1.38. The predicted molar refractivity (Wildman–Crippen MR) is 238 cm³/mol. The second kappa shape index (κ2) is 15.6. The molecule has 0 atom stereocenters. The van der Waals surface area contributed by atoms with Crippen LogP contribution in [-0.2, 0) is 0 Å². The van der Waals surface area contributed by atoms with E-state index in [1.807, 2.05) is 12.1 Å². The fourth-order valence-corrected chi connectivity index (χ4v) is 7.55. The Morgan fingerprint density at radius 2 is 0.393 bits per heavy atom. The lowest BCUT2D eigenvalue weighted by Gasteiger charge is -2.12. The summed E-state index contributed by atoms with van der Waals surface area (Å²) in [7, 11) is 0. The first-order chi connectivity index (χ1) is 27.7. The average molecular weight is 714 g/mol. The van der Waals surface area contributed by atoms with Crippen molar-refractivity contribution in [1.82, 2.24) is 0 Å². The maximum atomic E-state index is 7.52. The molecule has 0 aliphatic carbocycles. The molecule has 0 saturated heterocycles. The molecule has 1 N–H and O–H groups in total. The van der Waals surface area contributed by atoms with Crippen LogP contribution in [0.1, 0.15) is 5.56 Å². The van der Waals surface area contributed by atoms with Crippen LogP contribution in [0.15, 0.2) is 224 Å². The van der Waals surface area contributed by atoms with Crippen LogP contribution in [0.3, 0.4) is 0 Å². The number of hydrogen-bond acceptors (Lipinski definition) is 1. The van der Waals surface area contributed by atoms with Gasteiger partial charge in [0.05, 0.1) is 0 Å². The van der Waals surface area contributed by atoms with E-state index in [0.29, 0.717) is 0 Å². The van der Waals surface area contributed by atoms with E-state index in [9.17, 15) is 0 Å². The molecule has 1 heteroatoms. The normalized spacial score (nSPS) is 10.9. The highest BCUT2D eigenvalue weighted by atomic mass is 14.3. The minimum Gasteiger partial charge on any atom is -0.308 e. The molecule has 0 spiro atoms. The lowest BCUT2D eigenvalue weighted by Crippen LogP contribution is -1.86. The number of hydrogen-bond donors (Lipinski definition) is 1. The highest BCUT2D eigenvalue weighted by Gasteiger charge is 2.09. The van der Waals surface area contributed by atoms with E-state index in [4.69, 9.17) is 5.41 Å². The van der Waals surface area contributed by atoms with Gasteiger partial charge >= 0.3 is 0 Å². The first-order valence-corrected chi connectivity index (χ1v) is 19.1. The third-order valence-electron chi connectivity index (χ3n) is 10.6. The molecular weight excluding hydrogens is 675 g/mol. The number of benzene rings is 9. The van der Waals surface area contributed by atoms with Crippen molar-refractivity contribution in [3.05, 3.63) is 230 Å². The van der Waals surface area contributed by atoms with Gasteiger partial charge in [-0.2, -0.15) is 0 Å². The van der Waals surface area contributed by atoms with Gasteiger partial charge in [0.1, 0.15) is 0 Å². The monoisotopic (exact) mass is 713 g/mol. The second-order valence-corrected chi connectivity index (χ2v) is 14.2. The minimum atomic E-state index is 0.903. The molecule has 9 aromatic carbocycles. The van der Waals surface area contributed by atoms with E-state index in [2.05, 4.69) is 212 Å². The predicted octanol–water partition coefficient (Wildman–Crippen LogP) is 15.0. The molecule has 0 saturated carbocycles. The molecule has 0 radical (unpaired) electrons. The Morgan fingerprint density at radius 1 is 0.196 bits per heavy atom. The van der Waals surface area contributed by atoms with E-state index < -0.39 is 0 Å². The van der Waals surface area contributed by atoms with E-state index in [0.717, 1.165) is 16.7 Å². The van der Waals surface area contributed by atoms with Gasteiger partial charge in [-0.3, -0.25) is 0 Å². The molecule has 0 aliphatic heterocycles. The van der Waals surface area contributed by atoms with Crippen LogP contribution in [-0.4, -0.2) is 6.21 Å². The molecular formula is C55H39N. The van der Waals surface area contributed by atoms with Crippen molar-refractivity contribution in [1.29, 1.82) is 5.41 Å². The molecule has 9 aromatic rings. The SMILES string of the molecule is N=Cc1ccc(-c2cccc(-c3cccc(-c4cccc(-c5cccc(-c6cccc(-c7cccc(-c8cccc(-c9ccccc9)c8)c7)c6)c5)c4)c3)c2)cc1. The molecule has 0 bridgehead atoms. The lowest BCUT2D eigenvalue weighted by molar-refractivity contribution is 1.53. The van der Waals surface area contributed by atoms with Crippen molar-refractivity contribution >= 4 is 6.21 Å². The van der Waals surface area contributed by atoms with Crippen molar-refractivity contribution in [2.75, 3.05) is 0 Å². The van der Waals surface area contributed by atoms with Gasteiger partial charge in [0.2, 0.25) is 0 Å². The Kier molecular flexibility index (Phi) is 9.56. The van der Waals surface area contributed by atoms with Crippen LogP contribution in [0.4, 0.5) is 0 Å². The molecule has 0 heterocycles. The van der Waals surface area contributed by atoms with E-state index in [1.165, 1.54) is 84.1 Å². The van der Waals surface area contributed by atoms with Crippen LogP contribution in [0, 0.1) is 5.41 Å². The van der Waals surface area contributed by atoms with Gasteiger partial charge in [-0.25, -0.2) is 0 Å². The Labute approximate surface area is 329 Å². The Morgan fingerprint density at radius 3 is 0.625 bits per heavy atom. The lowest BCUT2D eigenvalue weighted by atomic mass is 9.93. The van der Waals surface area contributed by atoms with Gasteiger partial charge in [-0.1, -0.05) is 182 Å². The molecule has 1 nitrogen and oxygen atoms in total. The molecule has 0 amide bonds. The third-order valence-corrected chi connectivity index (χ3v) is 10.6. The molecule has 0 aliphatic rings. The molecule has 9 rings (SSSR count). The first kappa shape index (κ1) is 34.4. The van der Waals surface area contributed by atoms with Gasteiger partial charge in [0, 0.05) is 6.21 Å². The standard InChI is InChI=1S/C55H39N/c56-38-39-27-29-41(30-28-39)43-14-5-16-45(32-43)47-18-7-20-49(34-47)51-22-9-24-53(36-51)55-26-10-25-54(37-55)52-23-8-21-50(35-52)48-19-6-17-46(33-48)44-15-4-13-42(31-44)40-11-2-1-3-12-40/h1-38,56H. The van der Waals surface area contributed by atoms with Crippen LogP contribution in [0.5, 0.6) is 0 Å². The summed E-state index contributed by atoms with van der Waals surface area (Å²) >= 11 is 0. The molecule has 0 unspecified atom stereocenters. The smallest absolute Gasteiger partial charge is 0.0250 e. The topological polar surface area (TPSA) is 23.9 Å². The molecule has 0 fully saturated rings. The summed E-state index contributed by atoms with van der Waals surface area (Å²) in [5.41, 5.74) is 19.9. The summed E-state index contributed by atoms with van der Waals surface area (Å²) in [5.74, 6) is 0. The van der Waals surface area contributed by atoms with Crippen LogP contribution < -0.4 is 0 Å². The zero-order valence-corrected chi connectivity index (χ0v) is 30.9. The van der Waals surface area contributed by atoms with Gasteiger partial charge in [0.25, 0.3) is 0 Å². The van der Waals surface area contributed by atoms with Gasteiger partial charge in [0.15, 0.2) is 0 Å². The van der Waals surface area contributed by atoms with Crippen LogP contribution >= 0.6 is 0 Å². The fraction of sp³-hybridized carbons (Fsp3) is 0. The zero-order valence-electron chi connectivity index (χ0n) is 30.9. The van der Waals surface area contributed by atoms with E-state index in [-0.39, 0.29) is 0 Å². The molecule has 0 aromatic heterocycles. The Balaban J connectivity index is 0.974. The van der Waals surface area contributed by atoms with Gasteiger partial charge in [-0.15, -0.1) is 0 Å². The van der Waals surface area contributed by atoms with Crippen LogP contribution in [0.2, 0.25) is 0 Å². The highest BCUT2D eigenvalue weighted by Crippen LogP contribution is 2.35. The molecule has 56 heavy (non-hydrogen) atoms. The first-order valence-electron chi connectivity index (χ1n) is 19.1. The molecule has 264 valence electrons. The number of rotatable bonds is 9. The summed E-state index contributed by atoms with van der Waals surface area (Å²) in [6, 6.07) is 80.5. The summed E-state index contributed by atoms with van der Waals surface area (Å²) in [6.45, 7) is 0. The summed E-state index contributed by atoms with van der Waals surface area (Å²) < 4.78 is 0. The highest BCUT2D eigenvalue weighted by molar-refractivity contribution is 5.83. The Hall–Kier alpha value is -7.35. The summed E-state index contributed by atoms with van der Waals surface area (Å²) in [5, 5.41) is 7.52. The summed E-state index contributed by atoms with van der Waals surface area (Å²) in [4.78, 5) is 0. The van der Waals surface area contributed by atoms with Gasteiger partial charge < -0.3 is 5.41 Å². The van der Waals surface area contributed by atoms with E-state index in [1.54, 1.807) is 0 Å². The number of nitrogens with one attached hydrogen (secondary N) is 1. The van der Waals surface area contributed by atoms with Gasteiger partial charge in [-0.05, 0) is 137 Å². The third kappa shape index (κ3) is 7.40. The largest absolute Gasteiger partial charge is 0.308 e. The minimum absolute atomic E-state index is 0.903. The average Bonchev–Trinajstić information content (AvgIpc) is 3.29. The van der Waals surface area contributed by atoms with Crippen molar-refractivity contribution in [3.8, 4) is 89.0 Å². The maximum Gasteiger partial charge on any atom is 0.0250 e. The fourth-order valence-electron chi connectivity index (χ4n) is 7.55. The van der Waals surface area contributed by atoms with Crippen molar-refractivity contribution in [2.45, 2.75) is 0 Å². The zero-order chi connectivity index (χ0) is 37.7. The second-order valence-electron chi connectivity index (χ2n) is 14.2. The Bertz CT molecular complexity index is 2810. The van der Waals surface area contributed by atoms with Crippen molar-refractivity contribution < 1.29 is 0 Å². The van der Waals surface area contributed by atoms with E-state index >= 15 is 0 Å². The maximum absolute atomic E-state index is 7.52. The van der Waals surface area contributed by atoms with Crippen molar-refractivity contribution in [2.24, 2.45) is 0 Å². The quantitative estimate of drug-likeness (QED) is 0.144. The van der Waals surface area contributed by atoms with Crippen molar-refractivity contribution in [3.63, 3.8) is 0 Å².